The maximum absolute atomic E-state index is 12.9. The van der Waals surface area contributed by atoms with Crippen molar-refractivity contribution in [3.05, 3.63) is 217 Å². The van der Waals surface area contributed by atoms with Gasteiger partial charge in [-0.2, -0.15) is 57.9 Å². The van der Waals surface area contributed by atoms with Crippen molar-refractivity contribution in [1.29, 1.82) is 5.26 Å². The maximum Gasteiger partial charge on any atom is 0.417 e. The van der Waals surface area contributed by atoms with Crippen LogP contribution in [0.15, 0.2) is 115 Å². The number of alkyl halides is 12. The number of nitrogens with zero attached hydrogens (tertiary/aromatic N) is 2. The van der Waals surface area contributed by atoms with Crippen molar-refractivity contribution in [1.82, 2.24) is 0 Å². The molecular formula is C60H61F17N2. The molecule has 0 bridgehead atoms. The summed E-state index contributed by atoms with van der Waals surface area (Å²) in [7, 11) is 0. The Morgan fingerprint density at radius 2 is 0.759 bits per heavy atom. The standard InChI is InChI=1S/2C11H10F3N.C10H10F4.C10H11F3.2C9H10F2/c1-7(2)8-4-9(11(12,13)14)6-10(5-8)15-3;1-7(2)8-3-4-9(6-15)10(5-8)11(12,13)14;1-6(2)7-3-8(10(12,13)14)5-9(11)4-7;1-7(2)8-3-5-9(6-4-8)10(11,12)13;1-6(2)7-3-8(10)5-9(11)4-7;1-6(2)8-4-3-7(10)5-9(8)11/h4-7H,1-2H3;3-5,7H,1-2H3;3-6H,1-2H3;3-7H,1-2H3;2*3-6H,1-2H3. The minimum absolute atomic E-state index is 0.0128. The molecule has 0 aliphatic carbocycles. The molecule has 0 atom stereocenters. The lowest BCUT2D eigenvalue weighted by atomic mass is 9.97. The van der Waals surface area contributed by atoms with E-state index in [0.717, 1.165) is 60.2 Å². The molecule has 0 fully saturated rings. The molecule has 6 aromatic rings. The molecule has 2 nitrogen and oxygen atoms in total. The summed E-state index contributed by atoms with van der Waals surface area (Å²) in [5.41, 5.74) is 0.255. The summed E-state index contributed by atoms with van der Waals surface area (Å²) in [4.78, 5) is 3.04. The molecule has 6 rings (SSSR count). The number of halogens is 17. The van der Waals surface area contributed by atoms with E-state index in [-0.39, 0.29) is 46.8 Å². The van der Waals surface area contributed by atoms with Crippen molar-refractivity contribution >= 4 is 5.69 Å². The third-order valence-electron chi connectivity index (χ3n) is 11.2. The molecule has 0 N–H and O–H groups in total. The quantitative estimate of drug-likeness (QED) is 0.121. The molecule has 0 heterocycles. The van der Waals surface area contributed by atoms with E-state index >= 15 is 0 Å². The van der Waals surface area contributed by atoms with Crippen LogP contribution in [0.2, 0.25) is 0 Å². The van der Waals surface area contributed by atoms with Gasteiger partial charge in [-0.05, 0) is 136 Å². The van der Waals surface area contributed by atoms with Crippen LogP contribution >= 0.6 is 0 Å². The highest BCUT2D eigenvalue weighted by Gasteiger charge is 2.35. The number of rotatable bonds is 6. The van der Waals surface area contributed by atoms with Crippen LogP contribution in [0.25, 0.3) is 4.85 Å². The Bertz CT molecular complexity index is 2910. The molecular weight excluding hydrogens is 1070 g/mol. The topological polar surface area (TPSA) is 28.1 Å². The molecule has 0 saturated carbocycles. The lowest BCUT2D eigenvalue weighted by molar-refractivity contribution is -0.138. The zero-order valence-electron chi connectivity index (χ0n) is 45.3. The first kappa shape index (κ1) is 70.1. The Hall–Kier alpha value is -6.89. The van der Waals surface area contributed by atoms with Gasteiger partial charge in [-0.25, -0.2) is 26.8 Å². The third kappa shape index (κ3) is 24.8. The minimum atomic E-state index is -4.48. The smallest absolute Gasteiger partial charge is 0.238 e. The summed E-state index contributed by atoms with van der Waals surface area (Å²) >= 11 is 0. The molecule has 0 aliphatic rings. The number of hydrogen-bond acceptors (Lipinski definition) is 1. The number of benzene rings is 6. The van der Waals surface area contributed by atoms with E-state index in [9.17, 15) is 74.6 Å². The van der Waals surface area contributed by atoms with Crippen LogP contribution in [0.5, 0.6) is 0 Å². The molecule has 430 valence electrons. The highest BCUT2D eigenvalue weighted by Crippen LogP contribution is 2.36. The molecule has 0 aliphatic heterocycles. The molecule has 6 aromatic carbocycles. The normalized spacial score (nSPS) is 11.5. The predicted octanol–water partition coefficient (Wildman–Crippen LogP) is 22.1. The average Bonchev–Trinajstić information content (AvgIpc) is 3.33. The van der Waals surface area contributed by atoms with Crippen molar-refractivity contribution in [2.45, 2.75) is 143 Å². The van der Waals surface area contributed by atoms with Crippen molar-refractivity contribution in [3.63, 3.8) is 0 Å². The summed E-state index contributed by atoms with van der Waals surface area (Å²) in [6.07, 6.45) is -17.6. The lowest BCUT2D eigenvalue weighted by Crippen LogP contribution is -2.08. The van der Waals surface area contributed by atoms with Crippen molar-refractivity contribution in [2.75, 3.05) is 0 Å². The van der Waals surface area contributed by atoms with Crippen LogP contribution in [0.1, 0.15) is 180 Å². The van der Waals surface area contributed by atoms with Gasteiger partial charge >= 0.3 is 24.7 Å². The van der Waals surface area contributed by atoms with Gasteiger partial charge in [-0.3, -0.25) is 0 Å². The minimum Gasteiger partial charge on any atom is -0.238 e. The Morgan fingerprint density at radius 3 is 1.13 bits per heavy atom. The summed E-state index contributed by atoms with van der Waals surface area (Å²) in [6.45, 7) is 28.8. The highest BCUT2D eigenvalue weighted by molar-refractivity contribution is 5.51. The van der Waals surface area contributed by atoms with Crippen LogP contribution < -0.4 is 0 Å². The Labute approximate surface area is 450 Å². The molecule has 0 saturated heterocycles. The van der Waals surface area contributed by atoms with Gasteiger partial charge in [0.05, 0.1) is 34.9 Å². The maximum atomic E-state index is 12.9. The lowest BCUT2D eigenvalue weighted by Gasteiger charge is -2.12. The van der Waals surface area contributed by atoms with Gasteiger partial charge in [0.15, 0.2) is 5.69 Å². The van der Waals surface area contributed by atoms with Crippen molar-refractivity contribution in [2.24, 2.45) is 0 Å². The van der Waals surface area contributed by atoms with E-state index in [1.54, 1.807) is 39.8 Å². The molecule has 0 radical (unpaired) electrons. The summed E-state index contributed by atoms with van der Waals surface area (Å²) in [6, 6.07) is 24.0. The van der Waals surface area contributed by atoms with Gasteiger partial charge in [-0.1, -0.05) is 119 Å². The highest BCUT2D eigenvalue weighted by atomic mass is 19.4. The number of nitriles is 1. The third-order valence-corrected chi connectivity index (χ3v) is 11.2. The molecule has 0 aromatic heterocycles. The van der Waals surface area contributed by atoms with Crippen molar-refractivity contribution < 1.29 is 74.6 Å². The van der Waals surface area contributed by atoms with E-state index < -0.39 is 76.0 Å². The second kappa shape index (κ2) is 30.5. The van der Waals surface area contributed by atoms with Crippen LogP contribution in [-0.2, 0) is 24.7 Å². The molecule has 19 heteroatoms. The van der Waals surface area contributed by atoms with Gasteiger partial charge in [0.1, 0.15) is 29.1 Å². The van der Waals surface area contributed by atoms with E-state index in [1.807, 2.05) is 55.4 Å². The van der Waals surface area contributed by atoms with E-state index in [0.29, 0.717) is 33.9 Å². The van der Waals surface area contributed by atoms with E-state index in [2.05, 4.69) is 4.85 Å². The second-order valence-corrected chi connectivity index (χ2v) is 19.5. The van der Waals surface area contributed by atoms with Crippen LogP contribution in [0.3, 0.4) is 0 Å². The zero-order chi connectivity index (χ0) is 61.1. The first-order chi connectivity index (χ1) is 36.1. The predicted molar refractivity (Wildman–Crippen MR) is 274 cm³/mol. The molecule has 0 amide bonds. The zero-order valence-corrected chi connectivity index (χ0v) is 45.3. The monoisotopic (exact) mass is 1130 g/mol. The Morgan fingerprint density at radius 1 is 0.367 bits per heavy atom. The first-order valence-electron chi connectivity index (χ1n) is 24.3. The van der Waals surface area contributed by atoms with Gasteiger partial charge in [0.2, 0.25) is 0 Å². The van der Waals surface area contributed by atoms with Gasteiger partial charge < -0.3 is 0 Å². The average molecular weight is 1130 g/mol. The van der Waals surface area contributed by atoms with Crippen molar-refractivity contribution in [3.8, 4) is 6.07 Å². The van der Waals surface area contributed by atoms with Gasteiger partial charge in [0.25, 0.3) is 0 Å². The number of hydrogen-bond donors (Lipinski definition) is 0. The largest absolute Gasteiger partial charge is 0.417 e. The fraction of sp³-hybridized carbons (Fsp3) is 0.367. The molecule has 0 spiro atoms. The van der Waals surface area contributed by atoms with Gasteiger partial charge in [0, 0.05) is 17.7 Å². The van der Waals surface area contributed by atoms with E-state index in [1.165, 1.54) is 48.5 Å². The Balaban J connectivity index is 0.000000476. The fourth-order valence-electron chi connectivity index (χ4n) is 6.49. The second-order valence-electron chi connectivity index (χ2n) is 19.5. The fourth-order valence-corrected chi connectivity index (χ4v) is 6.49. The van der Waals surface area contributed by atoms with Gasteiger partial charge in [-0.15, -0.1) is 0 Å². The SMILES string of the molecule is CC(C)c1cc(F)cc(C(F)(F)F)c1.CC(C)c1cc(F)cc(F)c1.CC(C)c1ccc(C#N)c(C(F)(F)F)c1.CC(C)c1ccc(C(F)(F)F)cc1.CC(C)c1ccc(F)cc1F.[C-]#[N+]c1cc(C(C)C)cc(C(F)(F)F)c1. The Kier molecular flexibility index (Phi) is 27.0. The summed E-state index contributed by atoms with van der Waals surface area (Å²) in [5, 5.41) is 8.56. The molecule has 79 heavy (non-hydrogen) atoms. The van der Waals surface area contributed by atoms with Crippen LogP contribution in [0.4, 0.5) is 80.3 Å². The van der Waals surface area contributed by atoms with Crippen LogP contribution in [-0.4, -0.2) is 0 Å². The molecule has 0 unspecified atom stereocenters. The summed E-state index contributed by atoms with van der Waals surface area (Å²) < 4.78 is 211. The first-order valence-corrected chi connectivity index (χ1v) is 24.3. The van der Waals surface area contributed by atoms with E-state index in [4.69, 9.17) is 11.8 Å². The van der Waals surface area contributed by atoms with Crippen LogP contribution in [0, 0.1) is 47.0 Å². The summed E-state index contributed by atoms with van der Waals surface area (Å²) in [5.74, 6) is -2.42.